The number of ketones is 1. The summed E-state index contributed by atoms with van der Waals surface area (Å²) >= 11 is 6.08. The number of H-pyrrole nitrogens is 1. The number of hydrogen-bond donors (Lipinski definition) is 1. The van der Waals surface area contributed by atoms with Gasteiger partial charge in [-0.15, -0.1) is 0 Å². The maximum absolute atomic E-state index is 12.6. The van der Waals surface area contributed by atoms with E-state index in [2.05, 4.69) is 33.8 Å². The van der Waals surface area contributed by atoms with Crippen LogP contribution in [0.5, 0.6) is 0 Å². The number of carbonyl (C=O) groups excluding carboxylic acids is 1. The van der Waals surface area contributed by atoms with Gasteiger partial charge in [-0.2, -0.15) is 0 Å². The molecule has 2 atom stereocenters. The van der Waals surface area contributed by atoms with Gasteiger partial charge in [0.1, 0.15) is 23.5 Å². The van der Waals surface area contributed by atoms with E-state index < -0.39 is 5.41 Å². The predicted octanol–water partition coefficient (Wildman–Crippen LogP) is 2.65. The Morgan fingerprint density at radius 3 is 2.80 bits per heavy atom. The molecule has 2 heterocycles. The summed E-state index contributed by atoms with van der Waals surface area (Å²) in [7, 11) is 0. The van der Waals surface area contributed by atoms with Crippen LogP contribution >= 0.6 is 11.6 Å². The number of aromatic nitrogens is 4. The van der Waals surface area contributed by atoms with Gasteiger partial charge in [0.05, 0.1) is 5.41 Å². The topological polar surface area (TPSA) is 71.5 Å². The third-order valence-electron chi connectivity index (χ3n) is 5.54. The van der Waals surface area contributed by atoms with Gasteiger partial charge in [-0.05, 0) is 24.2 Å². The number of aromatic amines is 1. The second-order valence-electron chi connectivity index (χ2n) is 6.44. The minimum absolute atomic E-state index is 0.0716. The molecule has 2 aromatic rings. The quantitative estimate of drug-likeness (QED) is 0.820. The molecule has 104 valence electrons. The first-order chi connectivity index (χ1) is 9.47. The third kappa shape index (κ3) is 1.20. The van der Waals surface area contributed by atoms with Crippen LogP contribution in [0.4, 0.5) is 0 Å². The first-order valence-electron chi connectivity index (χ1n) is 6.87. The minimum Gasteiger partial charge on any atom is -0.337 e. The summed E-state index contributed by atoms with van der Waals surface area (Å²) in [6.07, 6.45) is 3.99. The molecule has 0 saturated heterocycles. The fourth-order valence-corrected chi connectivity index (χ4v) is 4.41. The van der Waals surface area contributed by atoms with Crippen LogP contribution in [0.2, 0.25) is 5.15 Å². The third-order valence-corrected chi connectivity index (χ3v) is 5.83. The van der Waals surface area contributed by atoms with Crippen molar-refractivity contribution in [2.45, 2.75) is 38.5 Å². The van der Waals surface area contributed by atoms with Gasteiger partial charge >= 0.3 is 0 Å². The largest absolute Gasteiger partial charge is 0.337 e. The average molecular weight is 291 g/mol. The van der Waals surface area contributed by atoms with E-state index in [1.165, 1.54) is 6.33 Å². The van der Waals surface area contributed by atoms with E-state index in [-0.39, 0.29) is 5.41 Å². The lowest BCUT2D eigenvalue weighted by molar-refractivity contribution is -0.124. The number of Topliss-reactive ketones (excluding diaryl/α,β-unsaturated/α-hetero) is 1. The summed E-state index contributed by atoms with van der Waals surface area (Å²) in [5.41, 5.74) is 0.574. The fourth-order valence-electron chi connectivity index (χ4n) is 4.23. The van der Waals surface area contributed by atoms with Crippen LogP contribution in [0.3, 0.4) is 0 Å². The minimum atomic E-state index is -0.512. The first kappa shape index (κ1) is 12.3. The van der Waals surface area contributed by atoms with E-state index in [1.807, 2.05) is 0 Å². The molecule has 4 rings (SSSR count). The van der Waals surface area contributed by atoms with Gasteiger partial charge in [-0.1, -0.05) is 25.4 Å². The fraction of sp³-hybridized carbons (Fsp3) is 0.571. The highest BCUT2D eigenvalue weighted by Crippen LogP contribution is 2.64. The van der Waals surface area contributed by atoms with Crippen molar-refractivity contribution in [2.24, 2.45) is 11.3 Å². The Balaban J connectivity index is 1.98. The second-order valence-corrected chi connectivity index (χ2v) is 6.80. The Labute approximate surface area is 121 Å². The predicted molar refractivity (Wildman–Crippen MR) is 74.5 cm³/mol. The van der Waals surface area contributed by atoms with Crippen LogP contribution in [0.1, 0.15) is 38.9 Å². The molecule has 2 saturated carbocycles. The molecule has 0 spiro atoms. The van der Waals surface area contributed by atoms with E-state index in [0.717, 1.165) is 12.8 Å². The van der Waals surface area contributed by atoms with Gasteiger partial charge in [0.15, 0.2) is 10.8 Å². The molecule has 2 unspecified atom stereocenters. The molecule has 6 heteroatoms. The number of nitrogens with zero attached hydrogens (tertiary/aromatic N) is 3. The zero-order valence-electron chi connectivity index (χ0n) is 11.4. The second kappa shape index (κ2) is 3.58. The maximum Gasteiger partial charge on any atom is 0.182 e. The number of hydrogen-bond acceptors (Lipinski definition) is 4. The van der Waals surface area contributed by atoms with Crippen LogP contribution in [0, 0.1) is 11.3 Å². The molecule has 20 heavy (non-hydrogen) atoms. The van der Waals surface area contributed by atoms with Crippen molar-refractivity contribution in [3.8, 4) is 0 Å². The maximum atomic E-state index is 12.6. The molecule has 0 amide bonds. The lowest BCUT2D eigenvalue weighted by Gasteiger charge is -2.34. The molecule has 2 aromatic heterocycles. The summed E-state index contributed by atoms with van der Waals surface area (Å²) in [6, 6.07) is 0. The zero-order valence-corrected chi connectivity index (χ0v) is 12.2. The summed E-state index contributed by atoms with van der Waals surface area (Å²) < 4.78 is 0. The van der Waals surface area contributed by atoms with Gasteiger partial charge in [0, 0.05) is 6.42 Å². The number of nitrogens with one attached hydrogen (secondary N) is 1. The van der Waals surface area contributed by atoms with E-state index >= 15 is 0 Å². The van der Waals surface area contributed by atoms with Crippen LogP contribution in [-0.2, 0) is 10.2 Å². The van der Waals surface area contributed by atoms with Gasteiger partial charge in [-0.3, -0.25) is 4.79 Å². The van der Waals surface area contributed by atoms with Crippen LogP contribution in [-0.4, -0.2) is 25.7 Å². The number of halogens is 1. The highest BCUT2D eigenvalue weighted by Gasteiger charge is 2.66. The highest BCUT2D eigenvalue weighted by atomic mass is 35.5. The zero-order chi connectivity index (χ0) is 14.1. The molecule has 2 fully saturated rings. The number of imidazole rings is 1. The molecule has 5 nitrogen and oxygen atoms in total. The molecule has 0 radical (unpaired) electrons. The molecule has 1 N–H and O–H groups in total. The van der Waals surface area contributed by atoms with Crippen molar-refractivity contribution < 1.29 is 4.79 Å². The SMILES string of the molecule is CC1(C)C2CCC1(c1nc3ncnc(Cl)c3[nH]1)C(=O)C2. The molecular weight excluding hydrogens is 276 g/mol. The van der Waals surface area contributed by atoms with Gasteiger partial charge < -0.3 is 4.98 Å². The van der Waals surface area contributed by atoms with Gasteiger partial charge in [0.25, 0.3) is 0 Å². The van der Waals surface area contributed by atoms with Crippen molar-refractivity contribution in [1.29, 1.82) is 0 Å². The van der Waals surface area contributed by atoms with E-state index in [0.29, 0.717) is 40.3 Å². The van der Waals surface area contributed by atoms with Crippen molar-refractivity contribution in [1.82, 2.24) is 19.9 Å². The Morgan fingerprint density at radius 1 is 1.40 bits per heavy atom. The van der Waals surface area contributed by atoms with Crippen LogP contribution in [0.15, 0.2) is 6.33 Å². The smallest absolute Gasteiger partial charge is 0.182 e. The average Bonchev–Trinajstić information content (AvgIpc) is 2.98. The van der Waals surface area contributed by atoms with Crippen molar-refractivity contribution in [3.63, 3.8) is 0 Å². The molecule has 2 bridgehead atoms. The Kier molecular flexibility index (Phi) is 2.20. The van der Waals surface area contributed by atoms with E-state index in [1.54, 1.807) is 0 Å². The van der Waals surface area contributed by atoms with Crippen LogP contribution < -0.4 is 0 Å². The molecule has 2 aliphatic rings. The van der Waals surface area contributed by atoms with E-state index in [9.17, 15) is 4.79 Å². The molecule has 0 aromatic carbocycles. The standard InChI is InChI=1S/C14H15ClN4O/c1-13(2)7-3-4-14(13,8(20)5-7)12-18-9-10(15)16-6-17-11(9)19-12/h6-7H,3-5H2,1-2H3,(H,16,17,18,19). The Morgan fingerprint density at radius 2 is 2.20 bits per heavy atom. The van der Waals surface area contributed by atoms with Gasteiger partial charge in [-0.25, -0.2) is 15.0 Å². The molecule has 2 aliphatic carbocycles. The van der Waals surface area contributed by atoms with Crippen molar-refractivity contribution >= 4 is 28.5 Å². The van der Waals surface area contributed by atoms with Gasteiger partial charge in [0.2, 0.25) is 0 Å². The first-order valence-corrected chi connectivity index (χ1v) is 7.24. The molecular formula is C14H15ClN4O. The Bertz CT molecular complexity index is 738. The normalized spacial score (nSPS) is 31.4. The Hall–Kier alpha value is -1.49. The monoisotopic (exact) mass is 290 g/mol. The number of carbonyl (C=O) groups is 1. The van der Waals surface area contributed by atoms with E-state index in [4.69, 9.17) is 11.6 Å². The summed E-state index contributed by atoms with van der Waals surface area (Å²) in [6.45, 7) is 4.35. The lowest BCUT2D eigenvalue weighted by atomic mass is 9.68. The van der Waals surface area contributed by atoms with Crippen molar-refractivity contribution in [2.75, 3.05) is 0 Å². The summed E-state index contributed by atoms with van der Waals surface area (Å²) in [5.74, 6) is 1.46. The van der Waals surface area contributed by atoms with Crippen LogP contribution in [0.25, 0.3) is 11.2 Å². The number of fused-ring (bicyclic) bond motifs is 3. The van der Waals surface area contributed by atoms with Crippen molar-refractivity contribution in [3.05, 3.63) is 17.3 Å². The molecule has 0 aliphatic heterocycles. The highest BCUT2D eigenvalue weighted by molar-refractivity contribution is 6.33. The number of rotatable bonds is 1. The summed E-state index contributed by atoms with van der Waals surface area (Å²) in [5, 5.41) is 0.350. The summed E-state index contributed by atoms with van der Waals surface area (Å²) in [4.78, 5) is 28.5. The lowest BCUT2D eigenvalue weighted by Crippen LogP contribution is -2.41.